The van der Waals surface area contributed by atoms with E-state index in [4.69, 9.17) is 9.26 Å². The summed E-state index contributed by atoms with van der Waals surface area (Å²) in [7, 11) is 0. The Bertz CT molecular complexity index is 690. The van der Waals surface area contributed by atoms with Gasteiger partial charge in [-0.15, -0.1) is 0 Å². The largest absolute Gasteiger partial charge is 0.493 e. The van der Waals surface area contributed by atoms with Crippen LogP contribution >= 0.6 is 0 Å². The zero-order valence-corrected chi connectivity index (χ0v) is 13.5. The van der Waals surface area contributed by atoms with Crippen molar-refractivity contribution in [3.8, 4) is 5.75 Å². The van der Waals surface area contributed by atoms with E-state index >= 15 is 0 Å². The summed E-state index contributed by atoms with van der Waals surface area (Å²) < 4.78 is 10.7. The van der Waals surface area contributed by atoms with Crippen molar-refractivity contribution in [2.75, 3.05) is 6.61 Å². The number of aromatic nitrogens is 2. The van der Waals surface area contributed by atoms with E-state index in [1.807, 2.05) is 19.1 Å². The number of amides is 1. The Kier molecular flexibility index (Phi) is 4.32. The summed E-state index contributed by atoms with van der Waals surface area (Å²) in [4.78, 5) is 17.2. The average Bonchev–Trinajstić information content (AvgIpc) is 3.18. The van der Waals surface area contributed by atoms with E-state index in [1.165, 1.54) is 0 Å². The van der Waals surface area contributed by atoms with Crippen LogP contribution in [0.4, 0.5) is 0 Å². The van der Waals surface area contributed by atoms with Crippen molar-refractivity contribution >= 4 is 5.91 Å². The molecule has 1 aromatic heterocycles. The quantitative estimate of drug-likeness (QED) is 0.918. The lowest BCUT2D eigenvalue weighted by molar-refractivity contribution is 0.0888. The van der Waals surface area contributed by atoms with Crippen molar-refractivity contribution in [1.29, 1.82) is 0 Å². The minimum absolute atomic E-state index is 0.168. The molecule has 1 heterocycles. The molecule has 1 aliphatic rings. The normalized spacial score (nSPS) is 16.3. The predicted octanol–water partition coefficient (Wildman–Crippen LogP) is 2.98. The number of nitrogens with zero attached hydrogens (tertiary/aromatic N) is 2. The van der Waals surface area contributed by atoms with Crippen LogP contribution in [0.3, 0.4) is 0 Å². The van der Waals surface area contributed by atoms with Crippen molar-refractivity contribution in [3.05, 3.63) is 41.5 Å². The van der Waals surface area contributed by atoms with Crippen molar-refractivity contribution < 1.29 is 14.1 Å². The van der Waals surface area contributed by atoms with Gasteiger partial charge in [0.1, 0.15) is 11.3 Å². The minimum atomic E-state index is -0.547. The molecule has 0 radical (unpaired) electrons. The summed E-state index contributed by atoms with van der Waals surface area (Å²) in [6.07, 6.45) is 3.69. The van der Waals surface area contributed by atoms with Gasteiger partial charge in [0.15, 0.2) is 5.82 Å². The van der Waals surface area contributed by atoms with Gasteiger partial charge in [0.05, 0.1) is 12.2 Å². The zero-order valence-electron chi connectivity index (χ0n) is 13.5. The van der Waals surface area contributed by atoms with Gasteiger partial charge in [0.2, 0.25) is 5.89 Å². The lowest BCUT2D eigenvalue weighted by atomic mass is 9.95. The molecule has 0 spiro atoms. The van der Waals surface area contributed by atoms with Gasteiger partial charge >= 0.3 is 0 Å². The number of benzene rings is 1. The number of nitrogens with one attached hydrogen (secondary N) is 1. The highest BCUT2D eigenvalue weighted by Gasteiger charge is 2.41. The monoisotopic (exact) mass is 315 g/mol. The fraction of sp³-hybridized carbons (Fsp3) is 0.471. The van der Waals surface area contributed by atoms with E-state index in [-0.39, 0.29) is 5.91 Å². The lowest BCUT2D eigenvalue weighted by Crippen LogP contribution is -2.44. The second kappa shape index (κ2) is 6.40. The lowest BCUT2D eigenvalue weighted by Gasteiger charge is -2.27. The van der Waals surface area contributed by atoms with Crippen LogP contribution < -0.4 is 10.1 Å². The average molecular weight is 315 g/mol. The number of rotatable bonds is 5. The molecule has 1 aliphatic carbocycles. The van der Waals surface area contributed by atoms with Crippen LogP contribution in [0, 0.1) is 6.92 Å². The highest BCUT2D eigenvalue weighted by molar-refractivity contribution is 5.97. The number of para-hydroxylation sites is 1. The molecule has 6 heteroatoms. The Morgan fingerprint density at radius 2 is 2.09 bits per heavy atom. The molecule has 3 rings (SSSR count). The van der Waals surface area contributed by atoms with Gasteiger partial charge in [0.25, 0.3) is 5.91 Å². The number of ether oxygens (including phenoxy) is 1. The van der Waals surface area contributed by atoms with E-state index in [9.17, 15) is 4.79 Å². The molecule has 1 N–H and O–H groups in total. The van der Waals surface area contributed by atoms with Crippen LogP contribution in [0.15, 0.2) is 28.8 Å². The summed E-state index contributed by atoms with van der Waals surface area (Å²) in [5.41, 5.74) is -0.0189. The first-order chi connectivity index (χ1) is 11.1. The first kappa shape index (κ1) is 15.5. The van der Waals surface area contributed by atoms with E-state index in [0.29, 0.717) is 29.6 Å². The van der Waals surface area contributed by atoms with E-state index in [2.05, 4.69) is 15.5 Å². The van der Waals surface area contributed by atoms with Crippen LogP contribution in [-0.4, -0.2) is 22.7 Å². The second-order valence-electron chi connectivity index (χ2n) is 5.81. The maximum absolute atomic E-state index is 12.8. The third-order valence-electron chi connectivity index (χ3n) is 4.20. The Balaban J connectivity index is 1.88. The summed E-state index contributed by atoms with van der Waals surface area (Å²) in [5, 5.41) is 7.18. The molecule has 1 amide bonds. The van der Waals surface area contributed by atoms with Crippen LogP contribution in [0.2, 0.25) is 0 Å². The highest BCUT2D eigenvalue weighted by Crippen LogP contribution is 2.37. The van der Waals surface area contributed by atoms with E-state index in [0.717, 1.165) is 25.7 Å². The molecule has 0 bridgehead atoms. The number of aryl methyl sites for hydroxylation is 1. The zero-order chi connectivity index (χ0) is 16.3. The van der Waals surface area contributed by atoms with Gasteiger partial charge in [-0.2, -0.15) is 4.98 Å². The highest BCUT2D eigenvalue weighted by atomic mass is 16.5. The summed E-state index contributed by atoms with van der Waals surface area (Å²) in [5.74, 6) is 1.49. The third kappa shape index (κ3) is 3.06. The topological polar surface area (TPSA) is 77.2 Å². The smallest absolute Gasteiger partial charge is 0.255 e. The van der Waals surface area contributed by atoms with Crippen LogP contribution in [0.1, 0.15) is 54.7 Å². The van der Waals surface area contributed by atoms with Gasteiger partial charge in [-0.3, -0.25) is 4.79 Å². The number of carbonyl (C=O) groups excluding carboxylic acids is 1. The first-order valence-electron chi connectivity index (χ1n) is 8.00. The molecule has 1 saturated carbocycles. The molecular formula is C17H21N3O3. The molecule has 1 fully saturated rings. The van der Waals surface area contributed by atoms with Crippen molar-refractivity contribution in [2.45, 2.75) is 45.1 Å². The van der Waals surface area contributed by atoms with Crippen molar-refractivity contribution in [1.82, 2.24) is 15.5 Å². The standard InChI is InChI=1S/C17H21N3O3/c1-3-22-14-9-5-4-8-13(14)15(21)19-17(10-6-7-11-17)16-18-12(2)23-20-16/h4-5,8-9H,3,6-7,10-11H2,1-2H3,(H,19,21). The summed E-state index contributed by atoms with van der Waals surface area (Å²) in [6, 6.07) is 7.26. The summed E-state index contributed by atoms with van der Waals surface area (Å²) in [6.45, 7) is 4.17. The van der Waals surface area contributed by atoms with Gasteiger partial charge in [-0.1, -0.05) is 30.1 Å². The SMILES string of the molecule is CCOc1ccccc1C(=O)NC1(c2noc(C)n2)CCCC1. The molecule has 0 aliphatic heterocycles. The Morgan fingerprint density at radius 3 is 2.74 bits per heavy atom. The Labute approximate surface area is 135 Å². The molecule has 6 nitrogen and oxygen atoms in total. The Hall–Kier alpha value is -2.37. The molecule has 0 atom stereocenters. The van der Waals surface area contributed by atoms with Crippen LogP contribution in [0.5, 0.6) is 5.75 Å². The number of carbonyl (C=O) groups is 1. The summed E-state index contributed by atoms with van der Waals surface area (Å²) >= 11 is 0. The van der Waals surface area contributed by atoms with E-state index < -0.39 is 5.54 Å². The third-order valence-corrected chi connectivity index (χ3v) is 4.20. The molecule has 2 aromatic rings. The maximum atomic E-state index is 12.8. The van der Waals surface area contributed by atoms with E-state index in [1.54, 1.807) is 19.1 Å². The number of hydrogen-bond donors (Lipinski definition) is 1. The van der Waals surface area contributed by atoms with Crippen LogP contribution in [-0.2, 0) is 5.54 Å². The Morgan fingerprint density at radius 1 is 1.35 bits per heavy atom. The van der Waals surface area contributed by atoms with Gasteiger partial charge < -0.3 is 14.6 Å². The first-order valence-corrected chi connectivity index (χ1v) is 8.00. The second-order valence-corrected chi connectivity index (χ2v) is 5.81. The molecule has 1 aromatic carbocycles. The van der Waals surface area contributed by atoms with Gasteiger partial charge in [0, 0.05) is 6.92 Å². The minimum Gasteiger partial charge on any atom is -0.493 e. The van der Waals surface area contributed by atoms with Crippen LogP contribution in [0.25, 0.3) is 0 Å². The molecule has 0 unspecified atom stereocenters. The van der Waals surface area contributed by atoms with Crippen molar-refractivity contribution in [3.63, 3.8) is 0 Å². The molecular weight excluding hydrogens is 294 g/mol. The molecule has 0 saturated heterocycles. The fourth-order valence-corrected chi connectivity index (χ4v) is 3.10. The van der Waals surface area contributed by atoms with Gasteiger partial charge in [-0.05, 0) is 31.9 Å². The maximum Gasteiger partial charge on any atom is 0.255 e. The van der Waals surface area contributed by atoms with Gasteiger partial charge in [-0.25, -0.2) is 0 Å². The van der Waals surface area contributed by atoms with Crippen molar-refractivity contribution in [2.24, 2.45) is 0 Å². The number of hydrogen-bond acceptors (Lipinski definition) is 5. The molecule has 23 heavy (non-hydrogen) atoms. The predicted molar refractivity (Wildman–Crippen MR) is 84.3 cm³/mol. The fourth-order valence-electron chi connectivity index (χ4n) is 3.10. The molecule has 122 valence electrons.